The van der Waals surface area contributed by atoms with Gasteiger partial charge in [-0.3, -0.25) is 0 Å². The van der Waals surface area contributed by atoms with E-state index in [2.05, 4.69) is 15.0 Å². The molecule has 0 aliphatic rings. The van der Waals surface area contributed by atoms with Crippen LogP contribution in [0.4, 0.5) is 5.95 Å². The highest BCUT2D eigenvalue weighted by Crippen LogP contribution is 2.20. The SMILES string of the molecule is Nc1nc(Cc2ccc(Cl)cc2)c2nc(Cl)ccc2n1. The van der Waals surface area contributed by atoms with Gasteiger partial charge in [-0.25, -0.2) is 15.0 Å². The van der Waals surface area contributed by atoms with Crippen molar-refractivity contribution in [3.05, 3.63) is 57.8 Å². The molecule has 6 heteroatoms. The number of halogens is 2. The lowest BCUT2D eigenvalue weighted by atomic mass is 10.1. The number of rotatable bonds is 2. The molecule has 1 aromatic carbocycles. The molecule has 0 aliphatic heterocycles. The van der Waals surface area contributed by atoms with E-state index in [1.807, 2.05) is 24.3 Å². The zero-order valence-corrected chi connectivity index (χ0v) is 11.9. The summed E-state index contributed by atoms with van der Waals surface area (Å²) in [6.45, 7) is 0. The van der Waals surface area contributed by atoms with Gasteiger partial charge in [0.1, 0.15) is 10.7 Å². The number of pyridine rings is 1. The lowest BCUT2D eigenvalue weighted by molar-refractivity contribution is 1.06. The fraction of sp³-hybridized carbons (Fsp3) is 0.0714. The summed E-state index contributed by atoms with van der Waals surface area (Å²) < 4.78 is 0. The minimum absolute atomic E-state index is 0.227. The van der Waals surface area contributed by atoms with E-state index in [0.717, 1.165) is 11.3 Å². The fourth-order valence-corrected chi connectivity index (χ4v) is 2.26. The molecule has 2 N–H and O–H groups in total. The third-order valence-corrected chi connectivity index (χ3v) is 3.35. The standard InChI is InChI=1S/C14H10Cl2N4/c15-9-3-1-8(2-4-9)7-11-13-10(18-14(17)19-11)5-6-12(16)20-13/h1-6H,7H2,(H2,17,18,19). The first kappa shape index (κ1) is 13.1. The first-order valence-corrected chi connectivity index (χ1v) is 6.70. The van der Waals surface area contributed by atoms with Crippen molar-refractivity contribution in [1.82, 2.24) is 15.0 Å². The van der Waals surface area contributed by atoms with Crippen LogP contribution in [0.25, 0.3) is 11.0 Å². The van der Waals surface area contributed by atoms with Crippen molar-refractivity contribution in [3.63, 3.8) is 0 Å². The maximum Gasteiger partial charge on any atom is 0.220 e. The number of benzene rings is 1. The van der Waals surface area contributed by atoms with Gasteiger partial charge in [-0.15, -0.1) is 0 Å². The predicted molar refractivity (Wildman–Crippen MR) is 81.0 cm³/mol. The molecule has 0 radical (unpaired) electrons. The zero-order chi connectivity index (χ0) is 14.1. The predicted octanol–water partition coefficient (Wildman–Crippen LogP) is 3.50. The van der Waals surface area contributed by atoms with Crippen LogP contribution >= 0.6 is 23.2 Å². The molecule has 2 aromatic heterocycles. The molecule has 0 atom stereocenters. The second kappa shape index (κ2) is 5.23. The summed E-state index contributed by atoms with van der Waals surface area (Å²) in [4.78, 5) is 12.7. The number of fused-ring (bicyclic) bond motifs is 1. The number of nitrogens with zero attached hydrogens (tertiary/aromatic N) is 3. The van der Waals surface area contributed by atoms with Crippen molar-refractivity contribution in [3.8, 4) is 0 Å². The van der Waals surface area contributed by atoms with Crippen LogP contribution < -0.4 is 5.73 Å². The number of hydrogen-bond acceptors (Lipinski definition) is 4. The Morgan fingerprint density at radius 2 is 1.65 bits per heavy atom. The molecule has 20 heavy (non-hydrogen) atoms. The van der Waals surface area contributed by atoms with E-state index in [0.29, 0.717) is 27.6 Å². The Kier molecular flexibility index (Phi) is 3.42. The lowest BCUT2D eigenvalue weighted by Gasteiger charge is -2.06. The molecular weight excluding hydrogens is 295 g/mol. The normalized spacial score (nSPS) is 10.9. The summed E-state index contributed by atoms with van der Waals surface area (Å²) >= 11 is 11.8. The maximum atomic E-state index is 5.94. The molecule has 0 fully saturated rings. The van der Waals surface area contributed by atoms with E-state index in [4.69, 9.17) is 28.9 Å². The fourth-order valence-electron chi connectivity index (χ4n) is 1.99. The van der Waals surface area contributed by atoms with Crippen molar-refractivity contribution >= 4 is 40.2 Å². The quantitative estimate of drug-likeness (QED) is 0.736. The van der Waals surface area contributed by atoms with Crippen LogP contribution in [0.2, 0.25) is 10.2 Å². The van der Waals surface area contributed by atoms with Crippen molar-refractivity contribution < 1.29 is 0 Å². The highest BCUT2D eigenvalue weighted by atomic mass is 35.5. The van der Waals surface area contributed by atoms with Gasteiger partial charge in [0, 0.05) is 11.4 Å². The van der Waals surface area contributed by atoms with Crippen LogP contribution in [-0.4, -0.2) is 15.0 Å². The second-order valence-electron chi connectivity index (χ2n) is 4.33. The molecule has 0 unspecified atom stereocenters. The first-order valence-electron chi connectivity index (χ1n) is 5.95. The number of hydrogen-bond donors (Lipinski definition) is 1. The van der Waals surface area contributed by atoms with Crippen LogP contribution in [-0.2, 0) is 6.42 Å². The van der Waals surface area contributed by atoms with Gasteiger partial charge in [0.2, 0.25) is 5.95 Å². The van der Waals surface area contributed by atoms with Crippen LogP contribution in [0.1, 0.15) is 11.3 Å². The summed E-state index contributed by atoms with van der Waals surface area (Å²) in [5, 5.41) is 1.10. The van der Waals surface area contributed by atoms with Gasteiger partial charge in [-0.05, 0) is 29.8 Å². The molecule has 3 rings (SSSR count). The van der Waals surface area contributed by atoms with E-state index in [1.165, 1.54) is 0 Å². The summed E-state index contributed by atoms with van der Waals surface area (Å²) in [6.07, 6.45) is 0.591. The van der Waals surface area contributed by atoms with Crippen molar-refractivity contribution in [2.45, 2.75) is 6.42 Å². The summed E-state index contributed by atoms with van der Waals surface area (Å²) in [5.74, 6) is 0.227. The van der Waals surface area contributed by atoms with Gasteiger partial charge < -0.3 is 5.73 Å². The average molecular weight is 305 g/mol. The largest absolute Gasteiger partial charge is 0.368 e. The summed E-state index contributed by atoms with van der Waals surface area (Å²) in [6, 6.07) is 11.0. The number of aromatic nitrogens is 3. The summed E-state index contributed by atoms with van der Waals surface area (Å²) in [7, 11) is 0. The molecule has 2 heterocycles. The van der Waals surface area contributed by atoms with Crippen LogP contribution in [0.3, 0.4) is 0 Å². The minimum Gasteiger partial charge on any atom is -0.368 e. The van der Waals surface area contributed by atoms with Gasteiger partial charge in [-0.1, -0.05) is 35.3 Å². The Labute approximate surface area is 125 Å². The smallest absolute Gasteiger partial charge is 0.220 e. The highest BCUT2D eigenvalue weighted by Gasteiger charge is 2.09. The Hall–Kier alpha value is -1.91. The van der Waals surface area contributed by atoms with Gasteiger partial charge in [0.15, 0.2) is 0 Å². The number of nitrogen functional groups attached to an aromatic ring is 1. The van der Waals surface area contributed by atoms with E-state index in [-0.39, 0.29) is 5.95 Å². The topological polar surface area (TPSA) is 64.7 Å². The average Bonchev–Trinajstić information content (AvgIpc) is 2.42. The van der Waals surface area contributed by atoms with Gasteiger partial charge in [0.05, 0.1) is 11.2 Å². The van der Waals surface area contributed by atoms with E-state index >= 15 is 0 Å². The molecule has 0 aliphatic carbocycles. The van der Waals surface area contributed by atoms with Crippen LogP contribution in [0.5, 0.6) is 0 Å². The monoisotopic (exact) mass is 304 g/mol. The number of nitrogens with two attached hydrogens (primary N) is 1. The highest BCUT2D eigenvalue weighted by molar-refractivity contribution is 6.30. The molecule has 0 spiro atoms. The second-order valence-corrected chi connectivity index (χ2v) is 5.16. The van der Waals surface area contributed by atoms with Crippen molar-refractivity contribution in [1.29, 1.82) is 0 Å². The molecule has 3 aromatic rings. The van der Waals surface area contributed by atoms with E-state index < -0.39 is 0 Å². The van der Waals surface area contributed by atoms with E-state index in [9.17, 15) is 0 Å². The lowest BCUT2D eigenvalue weighted by Crippen LogP contribution is -2.03. The molecular formula is C14H10Cl2N4. The Bertz CT molecular complexity index is 772. The van der Waals surface area contributed by atoms with Gasteiger partial charge in [0.25, 0.3) is 0 Å². The van der Waals surface area contributed by atoms with Gasteiger partial charge in [-0.2, -0.15) is 0 Å². The Morgan fingerprint density at radius 3 is 2.40 bits per heavy atom. The molecule has 0 saturated heterocycles. The van der Waals surface area contributed by atoms with E-state index in [1.54, 1.807) is 12.1 Å². The molecule has 0 bridgehead atoms. The Morgan fingerprint density at radius 1 is 0.900 bits per heavy atom. The number of anilines is 1. The molecule has 100 valence electrons. The Balaban J connectivity index is 2.10. The van der Waals surface area contributed by atoms with Crippen LogP contribution in [0, 0.1) is 0 Å². The molecule has 0 amide bonds. The van der Waals surface area contributed by atoms with Crippen molar-refractivity contribution in [2.24, 2.45) is 0 Å². The third-order valence-electron chi connectivity index (χ3n) is 2.88. The first-order chi connectivity index (χ1) is 9.61. The zero-order valence-electron chi connectivity index (χ0n) is 10.3. The van der Waals surface area contributed by atoms with Crippen LogP contribution in [0.15, 0.2) is 36.4 Å². The molecule has 4 nitrogen and oxygen atoms in total. The maximum absolute atomic E-state index is 5.94. The molecule has 0 saturated carbocycles. The third kappa shape index (κ3) is 2.66. The van der Waals surface area contributed by atoms with Crippen molar-refractivity contribution in [2.75, 3.05) is 5.73 Å². The van der Waals surface area contributed by atoms with Gasteiger partial charge >= 0.3 is 0 Å². The summed E-state index contributed by atoms with van der Waals surface area (Å²) in [5.41, 5.74) is 8.90. The minimum atomic E-state index is 0.227.